The quantitative estimate of drug-likeness (QED) is 0.814. The number of aryl methyl sites for hydroxylation is 3. The smallest absolute Gasteiger partial charge is 0.279 e. The van der Waals surface area contributed by atoms with Crippen LogP contribution in [0.4, 0.5) is 5.69 Å². The van der Waals surface area contributed by atoms with E-state index in [1.807, 2.05) is 25.8 Å². The number of hydrogen-bond acceptors (Lipinski definition) is 2. The summed E-state index contributed by atoms with van der Waals surface area (Å²) in [4.78, 5) is 28.2. The highest BCUT2D eigenvalue weighted by atomic mass is 16.2. The third-order valence-corrected chi connectivity index (χ3v) is 6.50. The van der Waals surface area contributed by atoms with Crippen molar-refractivity contribution in [2.45, 2.75) is 52.9 Å². The van der Waals surface area contributed by atoms with Gasteiger partial charge < -0.3 is 15.1 Å². The Morgan fingerprint density at radius 3 is 2.36 bits per heavy atom. The Bertz CT molecular complexity index is 708. The Kier molecular flexibility index (Phi) is 6.76. The second kappa shape index (κ2) is 9.08. The molecule has 0 spiro atoms. The Morgan fingerprint density at radius 1 is 1.04 bits per heavy atom. The molecule has 0 bridgehead atoms. The van der Waals surface area contributed by atoms with Crippen molar-refractivity contribution in [3.05, 3.63) is 28.8 Å². The number of fused-ring (bicyclic) bond motifs is 1. The molecule has 1 aromatic rings. The van der Waals surface area contributed by atoms with E-state index in [0.29, 0.717) is 19.0 Å². The predicted octanol–water partition coefficient (Wildman–Crippen LogP) is 2.10. The van der Waals surface area contributed by atoms with E-state index in [2.05, 4.69) is 24.4 Å². The number of hydrogen-bond donors (Lipinski definition) is 2. The van der Waals surface area contributed by atoms with E-state index in [4.69, 9.17) is 0 Å². The number of carbonyl (C=O) groups is 2. The summed E-state index contributed by atoms with van der Waals surface area (Å²) in [6.45, 7) is 8.60. The molecular weight excluding hydrogens is 350 g/mol. The van der Waals surface area contributed by atoms with Crippen LogP contribution in [0.1, 0.15) is 48.8 Å². The molecule has 5 heteroatoms. The molecule has 3 rings (SSSR count). The molecule has 1 aliphatic carbocycles. The summed E-state index contributed by atoms with van der Waals surface area (Å²) in [7, 11) is 1.93. The molecule has 154 valence electrons. The maximum atomic E-state index is 12.7. The van der Waals surface area contributed by atoms with Crippen LogP contribution in [0.25, 0.3) is 0 Å². The van der Waals surface area contributed by atoms with E-state index in [1.54, 1.807) is 0 Å². The summed E-state index contributed by atoms with van der Waals surface area (Å²) >= 11 is 0. The topological polar surface area (TPSA) is 53.9 Å². The number of likely N-dealkylation sites (tertiary alicyclic amines) is 1. The van der Waals surface area contributed by atoms with Crippen molar-refractivity contribution < 1.29 is 14.5 Å². The minimum atomic E-state index is -0.0358. The summed E-state index contributed by atoms with van der Waals surface area (Å²) in [5.74, 6) is 1.68. The summed E-state index contributed by atoms with van der Waals surface area (Å²) in [6, 6.07) is 4.16. The fraction of sp³-hybridized carbons (Fsp3) is 0.652. The lowest BCUT2D eigenvalue weighted by Gasteiger charge is -2.41. The van der Waals surface area contributed by atoms with Crippen LogP contribution < -0.4 is 10.2 Å². The molecule has 0 radical (unpaired) electrons. The second-order valence-corrected chi connectivity index (χ2v) is 9.07. The standard InChI is InChI=1S/C23H35N3O2/c1-16-11-17(2)23(18(3)12-16)24-21(27)14-25(4)15-22(28)26-10-9-19-7-5-6-8-20(19)13-26/h11-12,19-20H,5-10,13-15H2,1-4H3,(H,24,27)/p+1/t19-,20-/m1/s1. The number of rotatable bonds is 5. The maximum Gasteiger partial charge on any atom is 0.279 e. The summed E-state index contributed by atoms with van der Waals surface area (Å²) in [5.41, 5.74) is 4.25. The molecule has 2 fully saturated rings. The zero-order valence-electron chi connectivity index (χ0n) is 17.9. The molecule has 1 saturated heterocycles. The predicted molar refractivity (Wildman–Crippen MR) is 113 cm³/mol. The van der Waals surface area contributed by atoms with Crippen molar-refractivity contribution in [1.82, 2.24) is 4.90 Å². The average Bonchev–Trinajstić information content (AvgIpc) is 2.64. The number of amides is 2. The number of nitrogens with one attached hydrogen (secondary N) is 2. The highest BCUT2D eigenvalue weighted by Crippen LogP contribution is 2.35. The Labute approximate surface area is 169 Å². The summed E-state index contributed by atoms with van der Waals surface area (Å²) in [6.07, 6.45) is 6.44. The van der Waals surface area contributed by atoms with Gasteiger partial charge in [0.05, 0.1) is 7.05 Å². The van der Waals surface area contributed by atoms with Crippen molar-refractivity contribution >= 4 is 17.5 Å². The number of nitrogens with zero attached hydrogens (tertiary/aromatic N) is 1. The van der Waals surface area contributed by atoms with Crippen molar-refractivity contribution in [1.29, 1.82) is 0 Å². The fourth-order valence-corrected chi connectivity index (χ4v) is 5.09. The van der Waals surface area contributed by atoms with E-state index < -0.39 is 0 Å². The highest BCUT2D eigenvalue weighted by Gasteiger charge is 2.33. The largest absolute Gasteiger partial charge is 0.338 e. The first kappa shape index (κ1) is 20.8. The van der Waals surface area contributed by atoms with E-state index in [0.717, 1.165) is 47.1 Å². The van der Waals surface area contributed by atoms with Crippen LogP contribution >= 0.6 is 0 Å². The van der Waals surface area contributed by atoms with Crippen LogP contribution in [0.2, 0.25) is 0 Å². The molecule has 2 aliphatic rings. The summed E-state index contributed by atoms with van der Waals surface area (Å²) in [5, 5.41) is 3.04. The van der Waals surface area contributed by atoms with Crippen LogP contribution in [0.5, 0.6) is 0 Å². The molecule has 5 nitrogen and oxygen atoms in total. The highest BCUT2D eigenvalue weighted by molar-refractivity contribution is 5.93. The Morgan fingerprint density at radius 2 is 1.68 bits per heavy atom. The SMILES string of the molecule is Cc1cc(C)c(NC(=O)C[NH+](C)CC(=O)N2CC[C@H]3CCCC[C@@H]3C2)c(C)c1. The van der Waals surface area contributed by atoms with E-state index in [1.165, 1.54) is 31.2 Å². The zero-order valence-corrected chi connectivity index (χ0v) is 17.9. The number of anilines is 1. The molecular formula is C23H36N3O2+. The second-order valence-electron chi connectivity index (χ2n) is 9.07. The van der Waals surface area contributed by atoms with Crippen LogP contribution in [-0.2, 0) is 9.59 Å². The number of benzene rings is 1. The molecule has 1 aliphatic heterocycles. The van der Waals surface area contributed by atoms with Crippen molar-refractivity contribution in [2.24, 2.45) is 11.8 Å². The number of piperidine rings is 1. The van der Waals surface area contributed by atoms with Gasteiger partial charge in [-0.1, -0.05) is 37.0 Å². The van der Waals surface area contributed by atoms with Gasteiger partial charge in [-0.05, 0) is 56.6 Å². The van der Waals surface area contributed by atoms with Crippen LogP contribution in [0, 0.1) is 32.6 Å². The lowest BCUT2D eigenvalue weighted by Crippen LogP contribution is -3.11. The van der Waals surface area contributed by atoms with Crippen LogP contribution in [-0.4, -0.2) is 49.9 Å². The van der Waals surface area contributed by atoms with E-state index in [9.17, 15) is 9.59 Å². The molecule has 28 heavy (non-hydrogen) atoms. The van der Waals surface area contributed by atoms with Gasteiger partial charge in [0.2, 0.25) is 0 Å². The van der Waals surface area contributed by atoms with E-state index >= 15 is 0 Å². The van der Waals surface area contributed by atoms with Crippen molar-refractivity contribution in [3.8, 4) is 0 Å². The van der Waals surface area contributed by atoms with Crippen molar-refractivity contribution in [3.63, 3.8) is 0 Å². The van der Waals surface area contributed by atoms with Gasteiger partial charge in [-0.15, -0.1) is 0 Å². The number of likely N-dealkylation sites (N-methyl/N-ethyl adjacent to an activating group) is 1. The molecule has 1 aromatic carbocycles. The van der Waals surface area contributed by atoms with Gasteiger partial charge in [-0.3, -0.25) is 9.59 Å². The third kappa shape index (κ3) is 5.13. The van der Waals surface area contributed by atoms with Gasteiger partial charge in [0.1, 0.15) is 0 Å². The molecule has 1 saturated carbocycles. The first-order valence-electron chi connectivity index (χ1n) is 10.8. The third-order valence-electron chi connectivity index (χ3n) is 6.50. The van der Waals surface area contributed by atoms with Gasteiger partial charge in [-0.25, -0.2) is 0 Å². The van der Waals surface area contributed by atoms with Gasteiger partial charge in [0.25, 0.3) is 11.8 Å². The Balaban J connectivity index is 1.49. The van der Waals surface area contributed by atoms with E-state index in [-0.39, 0.29) is 11.8 Å². The summed E-state index contributed by atoms with van der Waals surface area (Å²) < 4.78 is 0. The van der Waals surface area contributed by atoms with Crippen LogP contribution in [0.15, 0.2) is 12.1 Å². The lowest BCUT2D eigenvalue weighted by atomic mass is 9.75. The average molecular weight is 387 g/mol. The van der Waals surface area contributed by atoms with Gasteiger partial charge >= 0.3 is 0 Å². The molecule has 3 atom stereocenters. The molecule has 2 amide bonds. The zero-order chi connectivity index (χ0) is 20.3. The number of carbonyl (C=O) groups excluding carboxylic acids is 2. The first-order valence-corrected chi connectivity index (χ1v) is 10.8. The number of quaternary nitrogens is 1. The minimum Gasteiger partial charge on any atom is -0.338 e. The lowest BCUT2D eigenvalue weighted by molar-refractivity contribution is -0.862. The molecule has 1 heterocycles. The van der Waals surface area contributed by atoms with Gasteiger partial charge in [0.15, 0.2) is 13.1 Å². The van der Waals surface area contributed by atoms with Gasteiger partial charge in [0, 0.05) is 18.8 Å². The monoisotopic (exact) mass is 386 g/mol. The molecule has 1 unspecified atom stereocenters. The maximum absolute atomic E-state index is 12.7. The van der Waals surface area contributed by atoms with Crippen molar-refractivity contribution in [2.75, 3.05) is 38.5 Å². The fourth-order valence-electron chi connectivity index (χ4n) is 5.09. The Hall–Kier alpha value is -1.88. The minimum absolute atomic E-state index is 0.0358. The first-order chi connectivity index (χ1) is 13.3. The molecule has 2 N–H and O–H groups in total. The normalized spacial score (nSPS) is 23.1. The van der Waals surface area contributed by atoms with Gasteiger partial charge in [-0.2, -0.15) is 0 Å². The molecule has 0 aromatic heterocycles. The van der Waals surface area contributed by atoms with Crippen LogP contribution in [0.3, 0.4) is 0 Å².